The van der Waals surface area contributed by atoms with Crippen LogP contribution in [0.1, 0.15) is 42.9 Å². The molecule has 3 heteroatoms. The van der Waals surface area contributed by atoms with Crippen LogP contribution in [-0.2, 0) is 0 Å². The lowest BCUT2D eigenvalue weighted by atomic mass is 9.78. The van der Waals surface area contributed by atoms with Crippen LogP contribution >= 0.6 is 0 Å². The number of nitrogens with one attached hydrogen (secondary N) is 1. The second-order valence-electron chi connectivity index (χ2n) is 5.34. The maximum atomic E-state index is 13.5. The summed E-state index contributed by atoms with van der Waals surface area (Å²) in [7, 11) is 1.86. The molecule has 1 saturated carbocycles. The van der Waals surface area contributed by atoms with Crippen LogP contribution in [0.2, 0.25) is 0 Å². The smallest absolute Gasteiger partial charge is 0.248 e. The summed E-state index contributed by atoms with van der Waals surface area (Å²) in [5, 5.41) is 3.23. The zero-order valence-electron chi connectivity index (χ0n) is 11.0. The first-order valence-corrected chi connectivity index (χ1v) is 6.64. The van der Waals surface area contributed by atoms with E-state index < -0.39 is 5.92 Å². The summed E-state index contributed by atoms with van der Waals surface area (Å²) in [5.41, 5.74) is 2.33. The highest BCUT2D eigenvalue weighted by molar-refractivity contribution is 5.29. The minimum Gasteiger partial charge on any atom is -0.313 e. The Bertz CT molecular complexity index is 403. The third-order valence-electron chi connectivity index (χ3n) is 3.98. The van der Waals surface area contributed by atoms with Crippen LogP contribution in [0.15, 0.2) is 24.3 Å². The van der Waals surface area contributed by atoms with Crippen LogP contribution < -0.4 is 5.32 Å². The molecule has 0 aliphatic heterocycles. The largest absolute Gasteiger partial charge is 0.313 e. The minimum absolute atomic E-state index is 0.00679. The average molecular weight is 253 g/mol. The van der Waals surface area contributed by atoms with Crippen molar-refractivity contribution in [3.63, 3.8) is 0 Å². The molecule has 1 aliphatic rings. The lowest BCUT2D eigenvalue weighted by Gasteiger charge is -2.35. The van der Waals surface area contributed by atoms with E-state index in [1.165, 1.54) is 5.56 Å². The Hall–Kier alpha value is -0.960. The Balaban J connectivity index is 2.21. The monoisotopic (exact) mass is 253 g/mol. The van der Waals surface area contributed by atoms with Gasteiger partial charge in [-0.05, 0) is 43.9 Å². The molecule has 0 heterocycles. The quantitative estimate of drug-likeness (QED) is 0.855. The molecule has 1 aromatic carbocycles. The van der Waals surface area contributed by atoms with Gasteiger partial charge in [0, 0.05) is 18.9 Å². The van der Waals surface area contributed by atoms with Gasteiger partial charge < -0.3 is 5.32 Å². The van der Waals surface area contributed by atoms with Gasteiger partial charge in [0.2, 0.25) is 5.92 Å². The van der Waals surface area contributed by atoms with E-state index in [0.717, 1.165) is 12.0 Å². The van der Waals surface area contributed by atoms with E-state index >= 15 is 0 Å². The zero-order valence-corrected chi connectivity index (χ0v) is 11.0. The van der Waals surface area contributed by atoms with Gasteiger partial charge in [-0.25, -0.2) is 8.78 Å². The minimum atomic E-state index is -2.49. The zero-order chi connectivity index (χ0) is 13.2. The Labute approximate surface area is 108 Å². The molecule has 2 atom stereocenters. The fraction of sp³-hybridized carbons (Fsp3) is 0.600. The first-order valence-electron chi connectivity index (χ1n) is 6.64. The van der Waals surface area contributed by atoms with Gasteiger partial charge in [-0.1, -0.05) is 24.3 Å². The molecule has 2 rings (SSSR count). The summed E-state index contributed by atoms with van der Waals surface area (Å²) >= 11 is 0. The third-order valence-corrected chi connectivity index (χ3v) is 3.98. The molecule has 0 spiro atoms. The topological polar surface area (TPSA) is 12.0 Å². The lowest BCUT2D eigenvalue weighted by molar-refractivity contribution is -0.0580. The van der Waals surface area contributed by atoms with Crippen LogP contribution in [0, 0.1) is 12.8 Å². The van der Waals surface area contributed by atoms with E-state index in [9.17, 15) is 8.78 Å². The highest BCUT2D eigenvalue weighted by Gasteiger charge is 2.39. The number of halogens is 2. The second-order valence-corrected chi connectivity index (χ2v) is 5.34. The highest BCUT2D eigenvalue weighted by Crippen LogP contribution is 2.42. The molecule has 0 saturated heterocycles. The summed E-state index contributed by atoms with van der Waals surface area (Å²) in [6.07, 6.45) is 1.57. The Morgan fingerprint density at radius 2 is 2.06 bits per heavy atom. The van der Waals surface area contributed by atoms with E-state index in [2.05, 4.69) is 5.32 Å². The van der Waals surface area contributed by atoms with Crippen molar-refractivity contribution in [3.05, 3.63) is 35.4 Å². The number of aryl methyl sites for hydroxylation is 1. The van der Waals surface area contributed by atoms with Gasteiger partial charge in [0.25, 0.3) is 0 Å². The van der Waals surface area contributed by atoms with Gasteiger partial charge in [-0.15, -0.1) is 0 Å². The number of hydrogen-bond acceptors (Lipinski definition) is 1. The molecule has 1 fully saturated rings. The van der Waals surface area contributed by atoms with Gasteiger partial charge in [-0.2, -0.15) is 0 Å². The van der Waals surface area contributed by atoms with Gasteiger partial charge in [0.1, 0.15) is 0 Å². The molecular formula is C15H21F2N. The van der Waals surface area contributed by atoms with Gasteiger partial charge in [0.05, 0.1) is 0 Å². The molecule has 2 unspecified atom stereocenters. The molecule has 1 nitrogen and oxygen atoms in total. The van der Waals surface area contributed by atoms with Crippen molar-refractivity contribution in [1.82, 2.24) is 5.32 Å². The van der Waals surface area contributed by atoms with Crippen molar-refractivity contribution in [1.29, 1.82) is 0 Å². The van der Waals surface area contributed by atoms with Crippen LogP contribution in [0.25, 0.3) is 0 Å². The maximum absolute atomic E-state index is 13.5. The molecule has 1 aliphatic carbocycles. The summed E-state index contributed by atoms with van der Waals surface area (Å²) in [6, 6.07) is 8.09. The van der Waals surface area contributed by atoms with Crippen molar-refractivity contribution in [2.24, 2.45) is 5.92 Å². The van der Waals surface area contributed by atoms with Gasteiger partial charge in [0.15, 0.2) is 0 Å². The summed E-state index contributed by atoms with van der Waals surface area (Å²) in [6.45, 7) is 2.04. The van der Waals surface area contributed by atoms with Crippen molar-refractivity contribution in [2.75, 3.05) is 7.05 Å². The molecule has 0 radical (unpaired) electrons. The predicted molar refractivity (Wildman–Crippen MR) is 69.9 cm³/mol. The van der Waals surface area contributed by atoms with Crippen LogP contribution in [0.3, 0.4) is 0 Å². The molecule has 18 heavy (non-hydrogen) atoms. The summed E-state index contributed by atoms with van der Waals surface area (Å²) in [4.78, 5) is 0. The molecule has 0 amide bonds. The van der Waals surface area contributed by atoms with Gasteiger partial charge in [-0.3, -0.25) is 0 Å². The van der Waals surface area contributed by atoms with Crippen molar-refractivity contribution >= 4 is 0 Å². The molecule has 0 bridgehead atoms. The lowest BCUT2D eigenvalue weighted by Crippen LogP contribution is -2.34. The summed E-state index contributed by atoms with van der Waals surface area (Å²) in [5.74, 6) is -2.46. The van der Waals surface area contributed by atoms with E-state index in [4.69, 9.17) is 0 Å². The highest BCUT2D eigenvalue weighted by atomic mass is 19.3. The van der Waals surface area contributed by atoms with Crippen LogP contribution in [0.5, 0.6) is 0 Å². The summed E-state index contributed by atoms with van der Waals surface area (Å²) < 4.78 is 27.1. The van der Waals surface area contributed by atoms with Crippen molar-refractivity contribution < 1.29 is 8.78 Å². The predicted octanol–water partition coefficient (Wildman–Crippen LogP) is 4.08. The van der Waals surface area contributed by atoms with E-state index in [1.54, 1.807) is 0 Å². The normalized spacial score (nSPS) is 24.8. The second kappa shape index (κ2) is 5.35. The third kappa shape index (κ3) is 2.89. The molecule has 0 aromatic heterocycles. The molecule has 1 aromatic rings. The number of hydrogen-bond donors (Lipinski definition) is 1. The molecular weight excluding hydrogens is 232 g/mol. The molecule has 100 valence electrons. The van der Waals surface area contributed by atoms with E-state index in [0.29, 0.717) is 6.42 Å². The standard InChI is InChI=1S/C15H21F2N/c1-11-6-3-4-8-13(11)14(18-2)12-7-5-9-15(16,17)10-12/h3-4,6,8,12,14,18H,5,7,9-10H2,1-2H3. The van der Waals surface area contributed by atoms with Crippen LogP contribution in [0.4, 0.5) is 8.78 Å². The van der Waals surface area contributed by atoms with E-state index in [-0.39, 0.29) is 24.8 Å². The Morgan fingerprint density at radius 1 is 1.33 bits per heavy atom. The Morgan fingerprint density at radius 3 is 2.67 bits per heavy atom. The number of alkyl halides is 2. The fourth-order valence-electron chi connectivity index (χ4n) is 3.08. The van der Waals surface area contributed by atoms with Crippen LogP contribution in [-0.4, -0.2) is 13.0 Å². The van der Waals surface area contributed by atoms with Crippen molar-refractivity contribution in [2.45, 2.75) is 44.6 Å². The molecule has 1 N–H and O–H groups in total. The van der Waals surface area contributed by atoms with Gasteiger partial charge >= 0.3 is 0 Å². The first kappa shape index (κ1) is 13.5. The van der Waals surface area contributed by atoms with E-state index in [1.807, 2.05) is 38.2 Å². The Kier molecular flexibility index (Phi) is 4.00. The average Bonchev–Trinajstić information content (AvgIpc) is 2.31. The SMILES string of the molecule is CNC(c1ccccc1C)C1CCCC(F)(F)C1. The maximum Gasteiger partial charge on any atom is 0.248 e. The fourth-order valence-corrected chi connectivity index (χ4v) is 3.08. The van der Waals surface area contributed by atoms with Crippen molar-refractivity contribution in [3.8, 4) is 0 Å². The number of benzene rings is 1. The number of rotatable bonds is 3. The first-order chi connectivity index (χ1) is 8.53.